The number of carboxylic acid groups (broad SMARTS) is 1. The molecule has 4 heteroatoms. The molecule has 0 amide bonds. The van der Waals surface area contributed by atoms with Crippen molar-refractivity contribution in [2.75, 3.05) is 19.7 Å². The van der Waals surface area contributed by atoms with Crippen LogP contribution in [0, 0.1) is 11.8 Å². The normalized spacial score (nSPS) is 36.5. The number of hydrogen-bond acceptors (Lipinski definition) is 3. The van der Waals surface area contributed by atoms with Crippen LogP contribution in [-0.2, 0) is 9.53 Å². The van der Waals surface area contributed by atoms with Crippen molar-refractivity contribution >= 4 is 5.97 Å². The molecule has 1 aliphatic heterocycles. The van der Waals surface area contributed by atoms with Crippen LogP contribution in [0.2, 0.25) is 0 Å². The van der Waals surface area contributed by atoms with Crippen LogP contribution in [0.3, 0.4) is 0 Å². The van der Waals surface area contributed by atoms with E-state index in [1.165, 1.54) is 12.8 Å². The molecule has 1 heterocycles. The molecule has 1 N–H and O–H groups in total. The van der Waals surface area contributed by atoms with Gasteiger partial charge < -0.3 is 9.84 Å². The fourth-order valence-corrected chi connectivity index (χ4v) is 3.92. The van der Waals surface area contributed by atoms with Gasteiger partial charge in [-0.25, -0.2) is 0 Å². The molecule has 2 aliphatic rings. The van der Waals surface area contributed by atoms with Crippen LogP contribution in [0.25, 0.3) is 0 Å². The first-order valence-corrected chi connectivity index (χ1v) is 8.20. The maximum Gasteiger partial charge on any atom is 0.308 e. The third kappa shape index (κ3) is 3.95. The zero-order valence-corrected chi connectivity index (χ0v) is 12.9. The molecule has 1 aliphatic carbocycles. The van der Waals surface area contributed by atoms with Crippen molar-refractivity contribution in [2.45, 2.75) is 64.5 Å². The lowest BCUT2D eigenvalue weighted by Crippen LogP contribution is -2.49. The molecule has 0 aromatic rings. The third-order valence-electron chi connectivity index (χ3n) is 4.89. The van der Waals surface area contributed by atoms with Crippen LogP contribution in [-0.4, -0.2) is 47.8 Å². The summed E-state index contributed by atoms with van der Waals surface area (Å²) < 4.78 is 5.70. The second-order valence-corrected chi connectivity index (χ2v) is 6.51. The standard InChI is InChI=1S/C16H29NO3/c1-3-5-13-6-7-14(16(18)19)15(10-13)17-8-4-9-20-12(2)11-17/h12-15H,3-11H2,1-2H3,(H,18,19). The van der Waals surface area contributed by atoms with E-state index in [1.54, 1.807) is 0 Å². The van der Waals surface area contributed by atoms with Gasteiger partial charge in [0.25, 0.3) is 0 Å². The number of ether oxygens (including phenoxy) is 1. The molecule has 0 bridgehead atoms. The fraction of sp³-hybridized carbons (Fsp3) is 0.938. The predicted molar refractivity (Wildman–Crippen MR) is 78.8 cm³/mol. The largest absolute Gasteiger partial charge is 0.481 e. The molecule has 1 saturated carbocycles. The topological polar surface area (TPSA) is 49.8 Å². The number of carbonyl (C=O) groups is 1. The highest BCUT2D eigenvalue weighted by molar-refractivity contribution is 5.71. The van der Waals surface area contributed by atoms with Gasteiger partial charge in [0.05, 0.1) is 12.0 Å². The Hall–Kier alpha value is -0.610. The quantitative estimate of drug-likeness (QED) is 0.862. The van der Waals surface area contributed by atoms with Crippen LogP contribution in [0.5, 0.6) is 0 Å². The van der Waals surface area contributed by atoms with Gasteiger partial charge in [0.1, 0.15) is 0 Å². The van der Waals surface area contributed by atoms with E-state index >= 15 is 0 Å². The lowest BCUT2D eigenvalue weighted by Gasteiger charge is -2.41. The van der Waals surface area contributed by atoms with E-state index < -0.39 is 5.97 Å². The van der Waals surface area contributed by atoms with Crippen LogP contribution in [0.1, 0.15) is 52.4 Å². The molecule has 0 aromatic heterocycles. The molecule has 4 atom stereocenters. The summed E-state index contributed by atoms with van der Waals surface area (Å²) >= 11 is 0. The van der Waals surface area contributed by atoms with E-state index in [4.69, 9.17) is 4.74 Å². The number of rotatable bonds is 4. The number of nitrogens with zero attached hydrogens (tertiary/aromatic N) is 1. The summed E-state index contributed by atoms with van der Waals surface area (Å²) in [6.45, 7) is 6.99. The van der Waals surface area contributed by atoms with E-state index in [9.17, 15) is 9.90 Å². The van der Waals surface area contributed by atoms with E-state index in [1.807, 2.05) is 0 Å². The van der Waals surface area contributed by atoms with Crippen molar-refractivity contribution in [1.82, 2.24) is 4.90 Å². The molecule has 20 heavy (non-hydrogen) atoms. The van der Waals surface area contributed by atoms with Gasteiger partial charge in [-0.1, -0.05) is 19.8 Å². The van der Waals surface area contributed by atoms with Gasteiger partial charge in [0.2, 0.25) is 0 Å². The maximum absolute atomic E-state index is 11.6. The number of hydrogen-bond donors (Lipinski definition) is 1. The Bertz CT molecular complexity index is 321. The SMILES string of the molecule is CCCC1CCC(C(=O)O)C(N2CCCOC(C)C2)C1. The average Bonchev–Trinajstić information content (AvgIpc) is 2.63. The molecule has 2 rings (SSSR count). The van der Waals surface area contributed by atoms with Crippen molar-refractivity contribution in [3.8, 4) is 0 Å². The summed E-state index contributed by atoms with van der Waals surface area (Å²) in [5.41, 5.74) is 0. The van der Waals surface area contributed by atoms with Gasteiger partial charge in [-0.05, 0) is 38.5 Å². The molecule has 116 valence electrons. The number of carboxylic acids is 1. The van der Waals surface area contributed by atoms with Crippen LogP contribution >= 0.6 is 0 Å². The van der Waals surface area contributed by atoms with Gasteiger partial charge in [-0.15, -0.1) is 0 Å². The molecule has 0 aromatic carbocycles. The van der Waals surface area contributed by atoms with Crippen LogP contribution in [0.15, 0.2) is 0 Å². The zero-order chi connectivity index (χ0) is 14.5. The monoisotopic (exact) mass is 283 g/mol. The van der Waals surface area contributed by atoms with E-state index in [-0.39, 0.29) is 18.1 Å². The fourth-order valence-electron chi connectivity index (χ4n) is 3.92. The van der Waals surface area contributed by atoms with Gasteiger partial charge in [-0.3, -0.25) is 9.69 Å². The molecular formula is C16H29NO3. The Kier molecular flexibility index (Phi) is 5.85. The van der Waals surface area contributed by atoms with Crippen molar-refractivity contribution < 1.29 is 14.6 Å². The molecular weight excluding hydrogens is 254 g/mol. The predicted octanol–water partition coefficient (Wildman–Crippen LogP) is 2.77. The van der Waals surface area contributed by atoms with Gasteiger partial charge >= 0.3 is 5.97 Å². The molecule has 4 nitrogen and oxygen atoms in total. The minimum atomic E-state index is -0.609. The third-order valence-corrected chi connectivity index (χ3v) is 4.89. The van der Waals surface area contributed by atoms with Gasteiger partial charge in [-0.2, -0.15) is 0 Å². The minimum absolute atomic E-state index is 0.187. The van der Waals surface area contributed by atoms with Crippen LogP contribution in [0.4, 0.5) is 0 Å². The molecule has 4 unspecified atom stereocenters. The van der Waals surface area contributed by atoms with Crippen molar-refractivity contribution in [1.29, 1.82) is 0 Å². The van der Waals surface area contributed by atoms with Gasteiger partial charge in [0.15, 0.2) is 0 Å². The lowest BCUT2D eigenvalue weighted by atomic mass is 9.76. The second kappa shape index (κ2) is 7.41. The summed E-state index contributed by atoms with van der Waals surface area (Å²) in [5.74, 6) is -0.0868. The second-order valence-electron chi connectivity index (χ2n) is 6.51. The lowest BCUT2D eigenvalue weighted by molar-refractivity contribution is -0.146. The highest BCUT2D eigenvalue weighted by Crippen LogP contribution is 2.35. The summed E-state index contributed by atoms with van der Waals surface area (Å²) in [6.07, 6.45) is 6.66. The first-order chi connectivity index (χ1) is 9.61. The smallest absolute Gasteiger partial charge is 0.308 e. The Labute approximate surface area is 122 Å². The number of aliphatic carboxylic acids is 1. The molecule has 0 radical (unpaired) electrons. The maximum atomic E-state index is 11.6. The molecule has 2 fully saturated rings. The first-order valence-electron chi connectivity index (χ1n) is 8.20. The zero-order valence-electron chi connectivity index (χ0n) is 12.9. The molecule has 0 spiro atoms. The summed E-state index contributed by atoms with van der Waals surface area (Å²) in [6, 6.07) is 0.210. The summed E-state index contributed by atoms with van der Waals surface area (Å²) in [4.78, 5) is 14.0. The Morgan fingerprint density at radius 1 is 1.40 bits per heavy atom. The van der Waals surface area contributed by atoms with Gasteiger partial charge in [0, 0.05) is 25.7 Å². The van der Waals surface area contributed by atoms with E-state index in [2.05, 4.69) is 18.7 Å². The highest BCUT2D eigenvalue weighted by Gasteiger charge is 2.38. The summed E-state index contributed by atoms with van der Waals surface area (Å²) in [5, 5.41) is 9.53. The van der Waals surface area contributed by atoms with Crippen molar-refractivity contribution in [3.63, 3.8) is 0 Å². The average molecular weight is 283 g/mol. The Balaban J connectivity index is 2.06. The Morgan fingerprint density at radius 3 is 2.90 bits per heavy atom. The van der Waals surface area contributed by atoms with E-state index in [0.29, 0.717) is 5.92 Å². The minimum Gasteiger partial charge on any atom is -0.481 e. The van der Waals surface area contributed by atoms with Crippen LogP contribution < -0.4 is 0 Å². The highest BCUT2D eigenvalue weighted by atomic mass is 16.5. The van der Waals surface area contributed by atoms with Crippen molar-refractivity contribution in [3.05, 3.63) is 0 Å². The summed E-state index contributed by atoms with van der Waals surface area (Å²) in [7, 11) is 0. The van der Waals surface area contributed by atoms with E-state index in [0.717, 1.165) is 45.4 Å². The van der Waals surface area contributed by atoms with Crippen molar-refractivity contribution in [2.24, 2.45) is 11.8 Å². The molecule has 1 saturated heterocycles. The Morgan fingerprint density at radius 2 is 2.20 bits per heavy atom. The first kappa shape index (κ1) is 15.8.